The fourth-order valence-electron chi connectivity index (χ4n) is 4.29. The van der Waals surface area contributed by atoms with Crippen LogP contribution in [0.1, 0.15) is 68.7 Å². The predicted molar refractivity (Wildman–Crippen MR) is 145 cm³/mol. The Kier molecular flexibility index (Phi) is 7.08. The Bertz CT molecular complexity index is 1460. The van der Waals surface area contributed by atoms with Crippen LogP contribution >= 0.6 is 0 Å². The van der Waals surface area contributed by atoms with Gasteiger partial charge in [-0.25, -0.2) is 14.2 Å². The first-order valence-corrected chi connectivity index (χ1v) is 12.6. The number of benzene rings is 2. The highest BCUT2D eigenvalue weighted by molar-refractivity contribution is 6.06. The number of alkyl carbamates (subject to hydrolysis) is 1. The van der Waals surface area contributed by atoms with Crippen LogP contribution < -0.4 is 10.6 Å². The summed E-state index contributed by atoms with van der Waals surface area (Å²) in [5, 5.41) is 17.1. The van der Waals surface area contributed by atoms with Crippen LogP contribution in [-0.2, 0) is 27.1 Å². The Labute approximate surface area is 226 Å². The second-order valence-corrected chi connectivity index (χ2v) is 11.4. The van der Waals surface area contributed by atoms with Gasteiger partial charge in [-0.15, -0.1) is 0 Å². The number of nitrogens with zero attached hydrogens (tertiary/aromatic N) is 1. The van der Waals surface area contributed by atoms with Gasteiger partial charge in [0, 0.05) is 16.8 Å². The van der Waals surface area contributed by atoms with Gasteiger partial charge in [-0.1, -0.05) is 12.1 Å². The third kappa shape index (κ3) is 6.15. The summed E-state index contributed by atoms with van der Waals surface area (Å²) in [5.41, 5.74) is -0.818. The molecule has 2 amide bonds. The van der Waals surface area contributed by atoms with E-state index in [4.69, 9.17) is 4.74 Å². The van der Waals surface area contributed by atoms with Crippen LogP contribution in [0.4, 0.5) is 14.9 Å². The summed E-state index contributed by atoms with van der Waals surface area (Å²) in [6.45, 7) is 10.1. The Hall–Kier alpha value is -4.11. The summed E-state index contributed by atoms with van der Waals surface area (Å²) in [6, 6.07) is 13.7. The zero-order chi connectivity index (χ0) is 28.8. The molecular formula is C30H32FN3O5. The molecule has 0 spiro atoms. The molecule has 1 aromatic heterocycles. The Morgan fingerprint density at radius 1 is 1.00 bits per heavy atom. The van der Waals surface area contributed by atoms with Gasteiger partial charge in [-0.05, 0) is 95.1 Å². The SMILES string of the molecule is CC(C)(C)OC(=O)NC(C)(C)c1cc(-c2ccc(F)cc2)nc(C(C)(O)C(=O)c2ccc3c(c2)NC(=O)C3)c1. The van der Waals surface area contributed by atoms with E-state index in [1.807, 2.05) is 0 Å². The maximum atomic E-state index is 13.6. The van der Waals surface area contributed by atoms with Crippen LogP contribution in [0, 0.1) is 5.82 Å². The zero-order valence-corrected chi connectivity index (χ0v) is 22.8. The van der Waals surface area contributed by atoms with E-state index in [-0.39, 0.29) is 23.6 Å². The number of fused-ring (bicyclic) bond motifs is 1. The molecule has 0 fully saturated rings. The molecule has 1 aliphatic rings. The number of ketones is 1. The van der Waals surface area contributed by atoms with Gasteiger partial charge in [-0.2, -0.15) is 0 Å². The topological polar surface area (TPSA) is 118 Å². The summed E-state index contributed by atoms with van der Waals surface area (Å²) >= 11 is 0. The molecule has 4 rings (SSSR count). The molecule has 0 radical (unpaired) electrons. The van der Waals surface area contributed by atoms with Gasteiger partial charge in [0.1, 0.15) is 11.4 Å². The summed E-state index contributed by atoms with van der Waals surface area (Å²) in [7, 11) is 0. The molecule has 2 heterocycles. The van der Waals surface area contributed by atoms with Crippen molar-refractivity contribution in [2.24, 2.45) is 0 Å². The van der Waals surface area contributed by atoms with Gasteiger partial charge in [0.15, 0.2) is 11.4 Å². The van der Waals surface area contributed by atoms with Gasteiger partial charge in [0.25, 0.3) is 0 Å². The number of amides is 2. The number of carbonyl (C=O) groups excluding carboxylic acids is 3. The second-order valence-electron chi connectivity index (χ2n) is 11.4. The first kappa shape index (κ1) is 27.9. The Morgan fingerprint density at radius 2 is 1.67 bits per heavy atom. The van der Waals surface area contributed by atoms with E-state index in [1.54, 1.807) is 71.0 Å². The van der Waals surface area contributed by atoms with Crippen molar-refractivity contribution in [1.82, 2.24) is 10.3 Å². The molecule has 3 N–H and O–H groups in total. The molecule has 0 saturated carbocycles. The first-order chi connectivity index (χ1) is 18.0. The summed E-state index contributed by atoms with van der Waals surface area (Å²) in [6.07, 6.45) is -0.415. The van der Waals surface area contributed by atoms with E-state index in [0.29, 0.717) is 22.5 Å². The summed E-state index contributed by atoms with van der Waals surface area (Å²) in [5.74, 6) is -1.22. The number of aromatic nitrogens is 1. The normalized spacial score (nSPS) is 14.7. The van der Waals surface area contributed by atoms with E-state index in [0.717, 1.165) is 5.56 Å². The van der Waals surface area contributed by atoms with Crippen molar-refractivity contribution in [2.75, 3.05) is 5.32 Å². The van der Waals surface area contributed by atoms with E-state index in [1.165, 1.54) is 25.1 Å². The first-order valence-electron chi connectivity index (χ1n) is 12.6. The fraction of sp³-hybridized carbons (Fsp3) is 0.333. The largest absolute Gasteiger partial charge is 0.444 e. The number of aliphatic hydroxyl groups is 1. The number of nitrogens with one attached hydrogen (secondary N) is 2. The molecule has 0 bridgehead atoms. The van der Waals surface area contributed by atoms with Crippen LogP contribution in [0.25, 0.3) is 11.3 Å². The second kappa shape index (κ2) is 9.89. The molecular weight excluding hydrogens is 501 g/mol. The Morgan fingerprint density at radius 3 is 2.31 bits per heavy atom. The number of hydrogen-bond donors (Lipinski definition) is 3. The third-order valence-corrected chi connectivity index (χ3v) is 6.44. The van der Waals surface area contributed by atoms with Gasteiger partial charge < -0.3 is 20.5 Å². The third-order valence-electron chi connectivity index (χ3n) is 6.44. The minimum atomic E-state index is -2.08. The highest BCUT2D eigenvalue weighted by Crippen LogP contribution is 2.33. The maximum Gasteiger partial charge on any atom is 0.408 e. The number of Topliss-reactive ketones (excluding diaryl/α,β-unsaturated/α-hetero) is 1. The van der Waals surface area contributed by atoms with Crippen molar-refractivity contribution in [3.8, 4) is 11.3 Å². The molecule has 204 valence electrons. The van der Waals surface area contributed by atoms with Crippen molar-refractivity contribution >= 4 is 23.5 Å². The highest BCUT2D eigenvalue weighted by Gasteiger charge is 2.38. The van der Waals surface area contributed by atoms with E-state index in [2.05, 4.69) is 15.6 Å². The van der Waals surface area contributed by atoms with Crippen molar-refractivity contribution in [3.05, 3.63) is 82.8 Å². The van der Waals surface area contributed by atoms with Crippen molar-refractivity contribution in [2.45, 2.75) is 64.7 Å². The number of hydrogen-bond acceptors (Lipinski definition) is 6. The van der Waals surface area contributed by atoms with Crippen LogP contribution in [0.15, 0.2) is 54.6 Å². The smallest absolute Gasteiger partial charge is 0.408 e. The molecule has 3 aromatic rings. The van der Waals surface area contributed by atoms with Crippen LogP contribution in [-0.4, -0.2) is 33.5 Å². The highest BCUT2D eigenvalue weighted by atomic mass is 19.1. The lowest BCUT2D eigenvalue weighted by Crippen LogP contribution is -2.44. The maximum absolute atomic E-state index is 13.6. The minimum absolute atomic E-state index is 0.0351. The minimum Gasteiger partial charge on any atom is -0.444 e. The fourth-order valence-corrected chi connectivity index (χ4v) is 4.29. The van der Waals surface area contributed by atoms with E-state index >= 15 is 0 Å². The molecule has 1 aliphatic heterocycles. The number of rotatable bonds is 6. The molecule has 39 heavy (non-hydrogen) atoms. The average molecular weight is 534 g/mol. The predicted octanol–water partition coefficient (Wildman–Crippen LogP) is 5.23. The van der Waals surface area contributed by atoms with Gasteiger partial charge in [0.05, 0.1) is 23.3 Å². The van der Waals surface area contributed by atoms with Crippen LogP contribution in [0.2, 0.25) is 0 Å². The lowest BCUT2D eigenvalue weighted by atomic mass is 9.86. The summed E-state index contributed by atoms with van der Waals surface area (Å²) in [4.78, 5) is 42.5. The number of carbonyl (C=O) groups is 3. The van der Waals surface area contributed by atoms with Crippen LogP contribution in [0.5, 0.6) is 0 Å². The number of halogens is 1. The molecule has 0 aliphatic carbocycles. The standard InChI is InChI=1S/C30H32FN3O5/c1-28(2,3)39-27(37)34-29(4,5)20-15-23(17-9-11-21(31)12-10-17)32-24(16-20)30(6,38)26(36)19-8-7-18-14-25(35)33-22(18)13-19/h7-13,15-16,38H,14H2,1-6H3,(H,33,35)(H,34,37). The van der Waals surface area contributed by atoms with Crippen molar-refractivity contribution in [3.63, 3.8) is 0 Å². The van der Waals surface area contributed by atoms with Crippen molar-refractivity contribution < 1.29 is 28.6 Å². The number of ether oxygens (including phenoxy) is 1. The molecule has 0 saturated heterocycles. The molecule has 9 heteroatoms. The number of pyridine rings is 1. The van der Waals surface area contributed by atoms with E-state index < -0.39 is 34.4 Å². The molecule has 1 atom stereocenters. The van der Waals surface area contributed by atoms with Gasteiger partial charge >= 0.3 is 6.09 Å². The quantitative estimate of drug-likeness (QED) is 0.374. The summed E-state index contributed by atoms with van der Waals surface area (Å²) < 4.78 is 19.1. The lowest BCUT2D eigenvalue weighted by Gasteiger charge is -2.31. The molecule has 8 nitrogen and oxygen atoms in total. The van der Waals surface area contributed by atoms with E-state index in [9.17, 15) is 23.9 Å². The Balaban J connectivity index is 1.77. The van der Waals surface area contributed by atoms with Gasteiger partial charge in [-0.3, -0.25) is 9.59 Å². The van der Waals surface area contributed by atoms with Crippen molar-refractivity contribution in [1.29, 1.82) is 0 Å². The van der Waals surface area contributed by atoms with Gasteiger partial charge in [0.2, 0.25) is 5.91 Å². The lowest BCUT2D eigenvalue weighted by molar-refractivity contribution is -0.115. The van der Waals surface area contributed by atoms with Crippen LogP contribution in [0.3, 0.4) is 0 Å². The molecule has 1 unspecified atom stereocenters. The molecule has 2 aromatic carbocycles. The number of anilines is 1. The zero-order valence-electron chi connectivity index (χ0n) is 22.8. The average Bonchev–Trinajstić information content (AvgIpc) is 3.21. The monoisotopic (exact) mass is 533 g/mol.